The predicted molar refractivity (Wildman–Crippen MR) is 162 cm³/mol. The molecule has 0 aromatic carbocycles. The Balaban J connectivity index is 1.84. The van der Waals surface area contributed by atoms with Crippen molar-refractivity contribution in [1.82, 2.24) is 19.9 Å². The number of carbonyl (C=O) groups excluding carboxylic acids is 1. The molecule has 218 valence electrons. The van der Waals surface area contributed by atoms with Crippen molar-refractivity contribution < 1.29 is 13.9 Å². The van der Waals surface area contributed by atoms with Gasteiger partial charge in [0, 0.05) is 13.1 Å². The number of aromatic nitrogens is 3. The summed E-state index contributed by atoms with van der Waals surface area (Å²) in [7, 11) is -2.13. The predicted octanol–water partition coefficient (Wildman–Crippen LogP) is 7.63. The van der Waals surface area contributed by atoms with Crippen LogP contribution in [0.1, 0.15) is 80.8 Å². The second kappa shape index (κ2) is 11.3. The van der Waals surface area contributed by atoms with Crippen LogP contribution in [0, 0.1) is 17.3 Å². The van der Waals surface area contributed by atoms with Gasteiger partial charge in [0.1, 0.15) is 30.7 Å². The first-order valence-corrected chi connectivity index (χ1v) is 17.1. The number of ether oxygens (including phenoxy) is 1. The smallest absolute Gasteiger partial charge is 0.410 e. The lowest BCUT2D eigenvalue weighted by Gasteiger charge is -2.42. The van der Waals surface area contributed by atoms with E-state index < -0.39 is 19.5 Å². The second-order valence-electron chi connectivity index (χ2n) is 12.9. The third-order valence-corrected chi connectivity index (χ3v) is 15.1. The van der Waals surface area contributed by atoms with Gasteiger partial charge in [0.05, 0.1) is 17.5 Å². The molecule has 40 heavy (non-hydrogen) atoms. The van der Waals surface area contributed by atoms with Gasteiger partial charge in [-0.2, -0.15) is 4.98 Å². The molecule has 2 bridgehead atoms. The number of fused-ring (bicyclic) bond motifs is 3. The van der Waals surface area contributed by atoms with Crippen molar-refractivity contribution in [1.29, 1.82) is 0 Å². The summed E-state index contributed by atoms with van der Waals surface area (Å²) in [6.07, 6.45) is 1.37. The number of piperazine rings is 1. The molecule has 2 atom stereocenters. The normalized spacial score (nSPS) is 19.6. The van der Waals surface area contributed by atoms with Gasteiger partial charge in [-0.1, -0.05) is 59.1 Å². The maximum Gasteiger partial charge on any atom is 0.410 e. The highest BCUT2D eigenvalue weighted by Gasteiger charge is 2.45. The number of anilines is 1. The molecule has 0 N–H and O–H groups in total. The first kappa shape index (κ1) is 30.8. The van der Waals surface area contributed by atoms with Crippen molar-refractivity contribution in [3.63, 3.8) is 0 Å². The average molecular weight is 609 g/mol. The first-order valence-electron chi connectivity index (χ1n) is 14.1. The van der Waals surface area contributed by atoms with Crippen molar-refractivity contribution >= 4 is 54.1 Å². The summed E-state index contributed by atoms with van der Waals surface area (Å²) in [5.74, 6) is 3.07. The van der Waals surface area contributed by atoms with E-state index in [0.29, 0.717) is 46.6 Å². The Morgan fingerprint density at radius 2 is 1.55 bits per heavy atom. The van der Waals surface area contributed by atoms with Gasteiger partial charge in [0.25, 0.3) is 0 Å². The standard InChI is InChI=1S/C29H40Cl2FN5O2Si/c1-16(2)40(17(3)4,18(5)6)13-12-21-22-24(23(32)25(30)33-21)34-27(31)35-26(22)36-14-19-10-11-20(15-36)37(19)28(38)39-29(7,8)9/h16-20H,10-11,14-15H2,1-9H3/t19-,20+. The van der Waals surface area contributed by atoms with Crippen molar-refractivity contribution in [2.75, 3.05) is 18.0 Å². The van der Waals surface area contributed by atoms with Crippen LogP contribution in [0.3, 0.4) is 0 Å². The number of hydrogen-bond donors (Lipinski definition) is 0. The van der Waals surface area contributed by atoms with E-state index in [2.05, 4.69) is 72.9 Å². The van der Waals surface area contributed by atoms with E-state index in [1.54, 1.807) is 0 Å². The Bertz CT molecular complexity index is 1330. The lowest BCUT2D eigenvalue weighted by Crippen LogP contribution is -2.57. The van der Waals surface area contributed by atoms with Crippen LogP contribution in [0.5, 0.6) is 0 Å². The monoisotopic (exact) mass is 607 g/mol. The Morgan fingerprint density at radius 3 is 2.05 bits per heavy atom. The highest BCUT2D eigenvalue weighted by molar-refractivity contribution is 6.90. The molecule has 4 rings (SSSR count). The number of rotatable bonds is 4. The third kappa shape index (κ3) is 5.64. The van der Waals surface area contributed by atoms with E-state index in [-0.39, 0.29) is 34.1 Å². The van der Waals surface area contributed by atoms with Gasteiger partial charge >= 0.3 is 6.09 Å². The minimum absolute atomic E-state index is 0.00660. The van der Waals surface area contributed by atoms with Crippen molar-refractivity contribution in [2.24, 2.45) is 0 Å². The molecular weight excluding hydrogens is 568 g/mol. The molecule has 2 fully saturated rings. The lowest BCUT2D eigenvalue weighted by molar-refractivity contribution is 0.0123. The third-order valence-electron chi connectivity index (χ3n) is 8.35. The number of hydrogen-bond acceptors (Lipinski definition) is 6. The summed E-state index contributed by atoms with van der Waals surface area (Å²) >= 11 is 12.6. The van der Waals surface area contributed by atoms with Gasteiger partial charge in [-0.3, -0.25) is 4.90 Å². The van der Waals surface area contributed by atoms with Crippen molar-refractivity contribution in [3.05, 3.63) is 21.9 Å². The zero-order valence-electron chi connectivity index (χ0n) is 24.9. The summed E-state index contributed by atoms with van der Waals surface area (Å²) in [6, 6.07) is -0.139. The van der Waals surface area contributed by atoms with Crippen LogP contribution < -0.4 is 4.90 Å². The molecule has 2 aromatic heterocycles. The molecule has 11 heteroatoms. The molecule has 0 saturated carbocycles. The van der Waals surface area contributed by atoms with Crippen molar-refractivity contribution in [3.8, 4) is 11.5 Å². The maximum absolute atomic E-state index is 15.4. The number of halogens is 3. The van der Waals surface area contributed by atoms with Gasteiger partial charge < -0.3 is 9.64 Å². The Morgan fingerprint density at radius 1 is 1.00 bits per heavy atom. The van der Waals surface area contributed by atoms with Gasteiger partial charge in [0.2, 0.25) is 5.28 Å². The number of nitrogens with zero attached hydrogens (tertiary/aromatic N) is 5. The summed E-state index contributed by atoms with van der Waals surface area (Å²) in [5, 5.41) is 0.0288. The zero-order valence-corrected chi connectivity index (χ0v) is 27.4. The summed E-state index contributed by atoms with van der Waals surface area (Å²) < 4.78 is 21.1. The molecule has 1 amide bonds. The summed E-state index contributed by atoms with van der Waals surface area (Å²) in [6.45, 7) is 20.0. The fourth-order valence-corrected chi connectivity index (χ4v) is 12.2. The van der Waals surface area contributed by atoms with Crippen molar-refractivity contribution in [2.45, 2.75) is 109 Å². The summed E-state index contributed by atoms with van der Waals surface area (Å²) in [4.78, 5) is 30.1. The van der Waals surface area contributed by atoms with Gasteiger partial charge in [-0.15, -0.1) is 5.54 Å². The van der Waals surface area contributed by atoms with Gasteiger partial charge in [0.15, 0.2) is 11.0 Å². The fourth-order valence-electron chi connectivity index (χ4n) is 6.71. The molecule has 2 aromatic rings. The van der Waals surface area contributed by atoms with E-state index >= 15 is 4.39 Å². The van der Waals surface area contributed by atoms with Crippen LogP contribution in [-0.4, -0.2) is 64.8 Å². The topological polar surface area (TPSA) is 71.5 Å². The van der Waals surface area contributed by atoms with Crippen LogP contribution in [0.25, 0.3) is 10.9 Å². The minimum atomic E-state index is -2.13. The maximum atomic E-state index is 15.4. The molecule has 0 spiro atoms. The van der Waals surface area contributed by atoms with E-state index in [1.807, 2.05) is 25.7 Å². The van der Waals surface area contributed by atoms with Crippen LogP contribution >= 0.6 is 23.2 Å². The highest BCUT2D eigenvalue weighted by Crippen LogP contribution is 2.42. The largest absolute Gasteiger partial charge is 0.444 e. The second-order valence-corrected chi connectivity index (χ2v) is 19.2. The average Bonchev–Trinajstić information content (AvgIpc) is 3.10. The Labute approximate surface area is 248 Å². The van der Waals surface area contributed by atoms with Gasteiger partial charge in [-0.25, -0.2) is 19.2 Å². The SMILES string of the molecule is CC(C)[Si](C#Cc1nc(Cl)c(F)c2nc(Cl)nc(N3C[C@H]4CC[C@@H](C3)N4C(=O)OC(C)(C)C)c12)(C(C)C)C(C)C. The molecule has 0 radical (unpaired) electrons. The number of pyridine rings is 1. The molecule has 0 unspecified atom stereocenters. The molecular formula is C29H40Cl2FN5O2Si. The molecule has 2 aliphatic heterocycles. The van der Waals surface area contributed by atoms with E-state index in [9.17, 15) is 4.79 Å². The van der Waals surface area contributed by atoms with Crippen LogP contribution in [0.15, 0.2) is 0 Å². The molecule has 4 heterocycles. The summed E-state index contributed by atoms with van der Waals surface area (Å²) in [5.41, 5.74) is 4.67. The fraction of sp³-hybridized carbons (Fsp3) is 0.655. The Hall–Kier alpha value is -2.15. The van der Waals surface area contributed by atoms with E-state index in [0.717, 1.165) is 12.8 Å². The number of carbonyl (C=O) groups is 1. The van der Waals surface area contributed by atoms with E-state index in [4.69, 9.17) is 27.9 Å². The lowest BCUT2D eigenvalue weighted by atomic mass is 10.1. The van der Waals surface area contributed by atoms with Crippen LogP contribution in [0.4, 0.5) is 15.0 Å². The molecule has 2 saturated heterocycles. The van der Waals surface area contributed by atoms with E-state index in [1.165, 1.54) is 0 Å². The van der Waals surface area contributed by atoms with Crippen LogP contribution in [0.2, 0.25) is 27.1 Å². The minimum Gasteiger partial charge on any atom is -0.444 e. The molecule has 7 nitrogen and oxygen atoms in total. The van der Waals surface area contributed by atoms with Gasteiger partial charge in [-0.05, 0) is 61.8 Å². The number of amides is 1. The zero-order chi connectivity index (χ0) is 29.7. The quantitative estimate of drug-likeness (QED) is 0.154. The molecule has 0 aliphatic carbocycles. The highest BCUT2D eigenvalue weighted by atomic mass is 35.5. The first-order chi connectivity index (χ1) is 18.6. The van der Waals surface area contributed by atoms with Crippen LogP contribution in [-0.2, 0) is 4.74 Å². The molecule has 2 aliphatic rings. The Kier molecular flexibility index (Phi) is 8.67.